The first kappa shape index (κ1) is 16.3. The van der Waals surface area contributed by atoms with Crippen molar-refractivity contribution in [1.82, 2.24) is 4.57 Å². The van der Waals surface area contributed by atoms with Crippen molar-refractivity contribution >= 4 is 10.0 Å². The number of nitrogens with zero attached hydrogens (tertiary/aromatic N) is 1. The van der Waals surface area contributed by atoms with Crippen LogP contribution in [-0.2, 0) is 10.0 Å². The third-order valence-corrected chi connectivity index (χ3v) is 4.81. The van der Waals surface area contributed by atoms with Gasteiger partial charge in [0.1, 0.15) is 5.75 Å². The van der Waals surface area contributed by atoms with E-state index in [1.165, 1.54) is 12.1 Å². The molecule has 0 saturated heterocycles. The largest absolute Gasteiger partial charge is 0.497 e. The zero-order valence-electron chi connectivity index (χ0n) is 13.4. The van der Waals surface area contributed by atoms with Crippen LogP contribution < -0.4 is 9.88 Å². The number of rotatable bonds is 4. The molecule has 0 bridgehead atoms. The molecule has 0 aliphatic rings. The summed E-state index contributed by atoms with van der Waals surface area (Å²) in [6.07, 6.45) is 0. The fourth-order valence-corrected chi connectivity index (χ4v) is 3.17. The molecule has 6 heteroatoms. The Kier molecular flexibility index (Phi) is 4.17. The Morgan fingerprint density at radius 1 is 0.917 bits per heavy atom. The van der Waals surface area contributed by atoms with Crippen LogP contribution in [0, 0.1) is 6.92 Å². The summed E-state index contributed by atoms with van der Waals surface area (Å²) in [4.78, 5) is 0.102. The molecule has 24 heavy (non-hydrogen) atoms. The van der Waals surface area contributed by atoms with E-state index in [9.17, 15) is 8.42 Å². The van der Waals surface area contributed by atoms with E-state index >= 15 is 0 Å². The number of methoxy groups -OCH3 is 1. The number of primary sulfonamides is 1. The van der Waals surface area contributed by atoms with Gasteiger partial charge in [0.05, 0.1) is 17.7 Å². The summed E-state index contributed by atoms with van der Waals surface area (Å²) in [5, 5.41) is 5.15. The van der Waals surface area contributed by atoms with Gasteiger partial charge < -0.3 is 9.30 Å². The SMILES string of the molecule is COc1ccc(-n2c(C)ccc2-c2ccc(S(N)(=O)=O)cc2)cc1. The lowest BCUT2D eigenvalue weighted by Crippen LogP contribution is -2.11. The summed E-state index contributed by atoms with van der Waals surface area (Å²) >= 11 is 0. The maximum atomic E-state index is 11.4. The Morgan fingerprint density at radius 2 is 1.54 bits per heavy atom. The van der Waals surface area contributed by atoms with Crippen molar-refractivity contribution in [2.24, 2.45) is 5.14 Å². The van der Waals surface area contributed by atoms with Gasteiger partial charge in [0.2, 0.25) is 10.0 Å². The molecule has 2 N–H and O–H groups in total. The molecule has 0 saturated carbocycles. The summed E-state index contributed by atoms with van der Waals surface area (Å²) in [5.41, 5.74) is 3.96. The summed E-state index contributed by atoms with van der Waals surface area (Å²) in [6.45, 7) is 2.02. The van der Waals surface area contributed by atoms with Crippen LogP contribution in [0.2, 0.25) is 0 Å². The van der Waals surface area contributed by atoms with E-state index in [4.69, 9.17) is 9.88 Å². The van der Waals surface area contributed by atoms with Crippen molar-refractivity contribution in [2.45, 2.75) is 11.8 Å². The topological polar surface area (TPSA) is 74.3 Å². The molecule has 124 valence electrons. The Labute approximate surface area is 141 Å². The van der Waals surface area contributed by atoms with E-state index in [0.29, 0.717) is 0 Å². The minimum Gasteiger partial charge on any atom is -0.497 e. The Hall–Kier alpha value is -2.57. The summed E-state index contributed by atoms with van der Waals surface area (Å²) < 4.78 is 30.1. The molecule has 0 unspecified atom stereocenters. The Balaban J connectivity index is 2.06. The zero-order chi connectivity index (χ0) is 17.3. The molecule has 0 aliphatic heterocycles. The molecule has 1 heterocycles. The molecule has 3 aromatic rings. The molecular formula is C18H18N2O3S. The van der Waals surface area contributed by atoms with Crippen LogP contribution in [0.25, 0.3) is 16.9 Å². The predicted octanol–water partition coefficient (Wildman–Crippen LogP) is 3.11. The van der Waals surface area contributed by atoms with E-state index in [2.05, 4.69) is 4.57 Å². The van der Waals surface area contributed by atoms with Gasteiger partial charge in [-0.15, -0.1) is 0 Å². The second kappa shape index (κ2) is 6.14. The standard InChI is InChI=1S/C18H18N2O3S/c1-13-3-12-18(14-4-10-17(11-5-14)24(19,21)22)20(13)15-6-8-16(23-2)9-7-15/h3-12H,1-2H3,(H2,19,21,22). The Bertz CT molecular complexity index is 957. The highest BCUT2D eigenvalue weighted by Crippen LogP contribution is 2.28. The second-order valence-corrected chi connectivity index (χ2v) is 7.02. The molecular weight excluding hydrogens is 324 g/mol. The number of hydrogen-bond acceptors (Lipinski definition) is 3. The number of benzene rings is 2. The molecule has 0 atom stereocenters. The van der Waals surface area contributed by atoms with Crippen LogP contribution >= 0.6 is 0 Å². The summed E-state index contributed by atoms with van der Waals surface area (Å²) in [7, 11) is -2.05. The minimum atomic E-state index is -3.69. The molecule has 0 spiro atoms. The third-order valence-electron chi connectivity index (χ3n) is 3.89. The van der Waals surface area contributed by atoms with Gasteiger partial charge in [-0.05, 0) is 61.0 Å². The monoisotopic (exact) mass is 342 g/mol. The molecule has 1 aromatic heterocycles. The molecule has 0 fully saturated rings. The molecule has 0 aliphatic carbocycles. The second-order valence-electron chi connectivity index (χ2n) is 5.46. The van der Waals surface area contributed by atoms with Crippen LogP contribution in [0.15, 0.2) is 65.6 Å². The van der Waals surface area contributed by atoms with Gasteiger partial charge in [0.15, 0.2) is 0 Å². The third kappa shape index (κ3) is 3.06. The highest BCUT2D eigenvalue weighted by atomic mass is 32.2. The maximum absolute atomic E-state index is 11.4. The number of aryl methyl sites for hydroxylation is 1. The maximum Gasteiger partial charge on any atom is 0.238 e. The van der Waals surface area contributed by atoms with Crippen molar-refractivity contribution in [3.8, 4) is 22.7 Å². The number of hydrogen-bond donors (Lipinski definition) is 1. The van der Waals surface area contributed by atoms with Gasteiger partial charge >= 0.3 is 0 Å². The fourth-order valence-electron chi connectivity index (χ4n) is 2.65. The average Bonchev–Trinajstić information content (AvgIpc) is 2.96. The van der Waals surface area contributed by atoms with Crippen LogP contribution in [0.3, 0.4) is 0 Å². The van der Waals surface area contributed by atoms with Crippen molar-refractivity contribution in [2.75, 3.05) is 7.11 Å². The summed E-state index contributed by atoms with van der Waals surface area (Å²) in [5.74, 6) is 0.794. The first-order valence-corrected chi connectivity index (χ1v) is 8.91. The highest BCUT2D eigenvalue weighted by molar-refractivity contribution is 7.89. The lowest BCUT2D eigenvalue weighted by molar-refractivity contribution is 0.414. The van der Waals surface area contributed by atoms with Gasteiger partial charge in [0, 0.05) is 11.4 Å². The van der Waals surface area contributed by atoms with Crippen molar-refractivity contribution in [1.29, 1.82) is 0 Å². The van der Waals surface area contributed by atoms with Crippen LogP contribution in [0.4, 0.5) is 0 Å². The summed E-state index contributed by atoms with van der Waals surface area (Å²) in [6, 6.07) is 18.4. The first-order chi connectivity index (χ1) is 11.4. The molecule has 2 aromatic carbocycles. The minimum absolute atomic E-state index is 0.102. The van der Waals surface area contributed by atoms with Crippen LogP contribution in [0.1, 0.15) is 5.69 Å². The average molecular weight is 342 g/mol. The Morgan fingerprint density at radius 3 is 2.08 bits per heavy atom. The number of ether oxygens (including phenoxy) is 1. The molecule has 5 nitrogen and oxygen atoms in total. The van der Waals surface area contributed by atoms with Crippen molar-refractivity contribution in [3.05, 3.63) is 66.4 Å². The smallest absolute Gasteiger partial charge is 0.238 e. The quantitative estimate of drug-likeness (QED) is 0.791. The number of sulfonamides is 1. The van der Waals surface area contributed by atoms with Crippen LogP contribution in [-0.4, -0.2) is 20.1 Å². The molecule has 0 radical (unpaired) electrons. The molecule has 0 amide bonds. The molecule has 3 rings (SSSR count). The van der Waals surface area contributed by atoms with Crippen LogP contribution in [0.5, 0.6) is 5.75 Å². The fraction of sp³-hybridized carbons (Fsp3) is 0.111. The van der Waals surface area contributed by atoms with Crippen molar-refractivity contribution < 1.29 is 13.2 Å². The van der Waals surface area contributed by atoms with Gasteiger partial charge in [-0.1, -0.05) is 12.1 Å². The van der Waals surface area contributed by atoms with Gasteiger partial charge in [-0.25, -0.2) is 13.6 Å². The lowest BCUT2D eigenvalue weighted by atomic mass is 10.1. The normalized spacial score (nSPS) is 11.5. The highest BCUT2D eigenvalue weighted by Gasteiger charge is 2.12. The number of nitrogens with two attached hydrogens (primary N) is 1. The van der Waals surface area contributed by atoms with Crippen molar-refractivity contribution in [3.63, 3.8) is 0 Å². The zero-order valence-corrected chi connectivity index (χ0v) is 14.2. The lowest BCUT2D eigenvalue weighted by Gasteiger charge is -2.13. The van der Waals surface area contributed by atoms with E-state index in [0.717, 1.165) is 28.4 Å². The van der Waals surface area contributed by atoms with E-state index in [1.54, 1.807) is 19.2 Å². The van der Waals surface area contributed by atoms with Gasteiger partial charge in [0.25, 0.3) is 0 Å². The van der Waals surface area contributed by atoms with E-state index in [-0.39, 0.29) is 4.90 Å². The predicted molar refractivity (Wildman–Crippen MR) is 93.9 cm³/mol. The van der Waals surface area contributed by atoms with Gasteiger partial charge in [-0.3, -0.25) is 0 Å². The van der Waals surface area contributed by atoms with E-state index < -0.39 is 10.0 Å². The van der Waals surface area contributed by atoms with E-state index in [1.807, 2.05) is 43.3 Å². The number of aromatic nitrogens is 1. The first-order valence-electron chi connectivity index (χ1n) is 7.36. The van der Waals surface area contributed by atoms with Gasteiger partial charge in [-0.2, -0.15) is 0 Å².